The van der Waals surface area contributed by atoms with Crippen molar-refractivity contribution in [3.63, 3.8) is 0 Å². The molecule has 9 heteroatoms. The molecule has 0 aromatic heterocycles. The molecule has 1 amide bonds. The fraction of sp³-hybridized carbons (Fsp3) is 0.364. The molecule has 31 heavy (non-hydrogen) atoms. The molecule has 2 aromatic carbocycles. The van der Waals surface area contributed by atoms with E-state index < -0.39 is 28.5 Å². The predicted molar refractivity (Wildman–Crippen MR) is 119 cm³/mol. The molecule has 0 spiro atoms. The van der Waals surface area contributed by atoms with Crippen LogP contribution in [0.3, 0.4) is 0 Å². The highest BCUT2D eigenvalue weighted by molar-refractivity contribution is 7.89. The Morgan fingerprint density at radius 2 is 1.77 bits per heavy atom. The number of hydrogen-bond acceptors (Lipinski definition) is 5. The van der Waals surface area contributed by atoms with E-state index in [1.54, 1.807) is 18.2 Å². The topological polar surface area (TPSA) is 92.8 Å². The van der Waals surface area contributed by atoms with Crippen molar-refractivity contribution in [1.82, 2.24) is 4.31 Å². The van der Waals surface area contributed by atoms with Gasteiger partial charge >= 0.3 is 5.97 Å². The van der Waals surface area contributed by atoms with Crippen LogP contribution in [0.25, 0.3) is 0 Å². The SMILES string of the molecule is Cc1cccc(NC(=O)COC(=O)c2ccc(Cl)c(S(=O)(=O)N3CCCCCC3)c2)c1. The van der Waals surface area contributed by atoms with Crippen LogP contribution in [-0.4, -0.2) is 44.3 Å². The molecule has 0 radical (unpaired) electrons. The van der Waals surface area contributed by atoms with Gasteiger partial charge in [0, 0.05) is 18.8 Å². The van der Waals surface area contributed by atoms with Crippen LogP contribution < -0.4 is 5.32 Å². The Kier molecular flexibility index (Phi) is 7.69. The number of aryl methyl sites for hydroxylation is 1. The van der Waals surface area contributed by atoms with Gasteiger partial charge in [0.2, 0.25) is 10.0 Å². The summed E-state index contributed by atoms with van der Waals surface area (Å²) in [4.78, 5) is 24.4. The largest absolute Gasteiger partial charge is 0.452 e. The zero-order valence-electron chi connectivity index (χ0n) is 17.3. The minimum Gasteiger partial charge on any atom is -0.452 e. The quantitative estimate of drug-likeness (QED) is 0.652. The van der Waals surface area contributed by atoms with Gasteiger partial charge in [0.25, 0.3) is 5.91 Å². The Morgan fingerprint density at radius 1 is 1.06 bits per heavy atom. The normalized spacial score (nSPS) is 15.2. The third kappa shape index (κ3) is 6.06. The molecule has 1 fully saturated rings. The molecule has 0 atom stereocenters. The molecule has 7 nitrogen and oxygen atoms in total. The lowest BCUT2D eigenvalue weighted by molar-refractivity contribution is -0.119. The number of carbonyl (C=O) groups excluding carboxylic acids is 2. The lowest BCUT2D eigenvalue weighted by Crippen LogP contribution is -2.32. The van der Waals surface area contributed by atoms with Crippen LogP contribution in [0.15, 0.2) is 47.4 Å². The third-order valence-corrected chi connectivity index (χ3v) is 7.37. The summed E-state index contributed by atoms with van der Waals surface area (Å²) in [5.74, 6) is -1.30. The van der Waals surface area contributed by atoms with E-state index in [0.29, 0.717) is 18.8 Å². The molecular weight excluding hydrogens is 440 g/mol. The number of carbonyl (C=O) groups is 2. The Balaban J connectivity index is 1.68. The highest BCUT2D eigenvalue weighted by Crippen LogP contribution is 2.28. The van der Waals surface area contributed by atoms with E-state index in [2.05, 4.69) is 5.32 Å². The predicted octanol–water partition coefficient (Wildman–Crippen LogP) is 4.01. The van der Waals surface area contributed by atoms with Crippen molar-refractivity contribution in [1.29, 1.82) is 0 Å². The number of nitrogens with zero attached hydrogens (tertiary/aromatic N) is 1. The van der Waals surface area contributed by atoms with Crippen LogP contribution in [0.1, 0.15) is 41.6 Å². The van der Waals surface area contributed by atoms with Gasteiger partial charge in [-0.05, 0) is 55.7 Å². The number of hydrogen-bond donors (Lipinski definition) is 1. The van der Waals surface area contributed by atoms with Gasteiger partial charge in [-0.1, -0.05) is 36.6 Å². The van der Waals surface area contributed by atoms with E-state index in [4.69, 9.17) is 16.3 Å². The Morgan fingerprint density at radius 3 is 2.45 bits per heavy atom. The molecule has 0 aliphatic carbocycles. The van der Waals surface area contributed by atoms with Gasteiger partial charge in [-0.15, -0.1) is 0 Å². The second-order valence-corrected chi connectivity index (χ2v) is 9.77. The van der Waals surface area contributed by atoms with Crippen LogP contribution in [0.4, 0.5) is 5.69 Å². The fourth-order valence-corrected chi connectivity index (χ4v) is 5.40. The molecule has 166 valence electrons. The average Bonchev–Trinajstić information content (AvgIpc) is 3.02. The second-order valence-electron chi connectivity index (χ2n) is 7.46. The highest BCUT2D eigenvalue weighted by atomic mass is 35.5. The molecule has 1 heterocycles. The van der Waals surface area contributed by atoms with Crippen molar-refractivity contribution >= 4 is 39.2 Å². The minimum atomic E-state index is -3.83. The standard InChI is InChI=1S/C22H25ClN2O5S/c1-16-7-6-8-18(13-16)24-21(26)15-30-22(27)17-9-10-19(23)20(14-17)31(28,29)25-11-4-2-3-5-12-25/h6-10,13-14H,2-5,11-12,15H2,1H3,(H,24,26). The summed E-state index contributed by atoms with van der Waals surface area (Å²) >= 11 is 6.15. The van der Waals surface area contributed by atoms with E-state index in [1.807, 2.05) is 13.0 Å². The van der Waals surface area contributed by atoms with E-state index >= 15 is 0 Å². The maximum atomic E-state index is 13.1. The van der Waals surface area contributed by atoms with Crippen molar-refractivity contribution in [2.75, 3.05) is 25.0 Å². The lowest BCUT2D eigenvalue weighted by Gasteiger charge is -2.21. The zero-order valence-corrected chi connectivity index (χ0v) is 18.8. The first-order valence-electron chi connectivity index (χ1n) is 10.1. The van der Waals surface area contributed by atoms with Crippen molar-refractivity contribution in [2.24, 2.45) is 0 Å². The van der Waals surface area contributed by atoms with Gasteiger partial charge in [0.1, 0.15) is 4.90 Å². The Labute approximate surface area is 187 Å². The number of sulfonamides is 1. The molecule has 0 unspecified atom stereocenters. The van der Waals surface area contributed by atoms with E-state index in [-0.39, 0.29) is 15.5 Å². The Hall–Kier alpha value is -2.42. The van der Waals surface area contributed by atoms with E-state index in [0.717, 1.165) is 31.2 Å². The maximum absolute atomic E-state index is 13.1. The van der Waals surface area contributed by atoms with Crippen molar-refractivity contribution < 1.29 is 22.7 Å². The van der Waals surface area contributed by atoms with Gasteiger partial charge in [-0.25, -0.2) is 13.2 Å². The van der Waals surface area contributed by atoms with Gasteiger partial charge in [0.05, 0.1) is 10.6 Å². The first-order valence-corrected chi connectivity index (χ1v) is 11.9. The molecule has 1 saturated heterocycles. The number of halogens is 1. The Bertz CT molecular complexity index is 1060. The van der Waals surface area contributed by atoms with Crippen molar-refractivity contribution in [2.45, 2.75) is 37.5 Å². The van der Waals surface area contributed by atoms with E-state index in [1.165, 1.54) is 22.5 Å². The molecular formula is C22H25ClN2O5S. The average molecular weight is 465 g/mol. The second kappa shape index (κ2) is 10.3. The number of benzene rings is 2. The molecule has 1 N–H and O–H groups in total. The minimum absolute atomic E-state index is 0.0150. The molecule has 2 aromatic rings. The van der Waals surface area contributed by atoms with Crippen LogP contribution in [0.5, 0.6) is 0 Å². The summed E-state index contributed by atoms with van der Waals surface area (Å²) in [6, 6.07) is 11.2. The highest BCUT2D eigenvalue weighted by Gasteiger charge is 2.28. The number of anilines is 1. The van der Waals surface area contributed by atoms with Gasteiger partial charge in [-0.2, -0.15) is 4.31 Å². The van der Waals surface area contributed by atoms with Gasteiger partial charge in [-0.3, -0.25) is 4.79 Å². The van der Waals surface area contributed by atoms with Gasteiger partial charge in [0.15, 0.2) is 6.61 Å². The van der Waals surface area contributed by atoms with Crippen LogP contribution >= 0.6 is 11.6 Å². The number of rotatable bonds is 6. The monoisotopic (exact) mass is 464 g/mol. The van der Waals surface area contributed by atoms with Crippen LogP contribution in [0, 0.1) is 6.92 Å². The van der Waals surface area contributed by atoms with Gasteiger partial charge < -0.3 is 10.1 Å². The first kappa shape index (κ1) is 23.2. The molecule has 3 rings (SSSR count). The number of nitrogens with one attached hydrogen (secondary N) is 1. The molecule has 1 aliphatic rings. The number of ether oxygens (including phenoxy) is 1. The summed E-state index contributed by atoms with van der Waals surface area (Å²) in [5, 5.41) is 2.68. The maximum Gasteiger partial charge on any atom is 0.338 e. The lowest BCUT2D eigenvalue weighted by atomic mass is 10.2. The van der Waals surface area contributed by atoms with Crippen molar-refractivity contribution in [3.05, 3.63) is 58.6 Å². The molecule has 0 saturated carbocycles. The van der Waals surface area contributed by atoms with Crippen molar-refractivity contribution in [3.8, 4) is 0 Å². The summed E-state index contributed by atoms with van der Waals surface area (Å²) in [6.45, 7) is 2.25. The zero-order chi connectivity index (χ0) is 22.4. The molecule has 0 bridgehead atoms. The summed E-state index contributed by atoms with van der Waals surface area (Å²) in [7, 11) is -3.83. The van der Waals surface area contributed by atoms with Crippen LogP contribution in [-0.2, 0) is 19.6 Å². The fourth-order valence-electron chi connectivity index (χ4n) is 3.38. The summed E-state index contributed by atoms with van der Waals surface area (Å²) in [6.07, 6.45) is 3.54. The summed E-state index contributed by atoms with van der Waals surface area (Å²) in [5.41, 5.74) is 1.59. The molecule has 1 aliphatic heterocycles. The smallest absolute Gasteiger partial charge is 0.338 e. The third-order valence-electron chi connectivity index (χ3n) is 4.99. The number of amides is 1. The van der Waals surface area contributed by atoms with E-state index in [9.17, 15) is 18.0 Å². The first-order chi connectivity index (χ1) is 14.8. The van der Waals surface area contributed by atoms with Crippen LogP contribution in [0.2, 0.25) is 5.02 Å². The summed E-state index contributed by atoms with van der Waals surface area (Å²) < 4.78 is 32.6. The number of esters is 1.